The zero-order valence-corrected chi connectivity index (χ0v) is 18.2. The summed E-state index contributed by atoms with van der Waals surface area (Å²) in [5.41, 5.74) is 0.239. The molecule has 0 radical (unpaired) electrons. The molecule has 0 bridgehead atoms. The van der Waals surface area contributed by atoms with E-state index in [4.69, 9.17) is 4.74 Å². The third-order valence-electron chi connectivity index (χ3n) is 4.66. The second kappa shape index (κ2) is 10.2. The Kier molecular flexibility index (Phi) is 8.25. The molecular weight excluding hydrogens is 378 g/mol. The van der Waals surface area contributed by atoms with E-state index in [1.165, 1.54) is 0 Å². The lowest BCUT2D eigenvalue weighted by Crippen LogP contribution is -2.37. The average molecular weight is 413 g/mol. The lowest BCUT2D eigenvalue weighted by Gasteiger charge is -2.28. The van der Waals surface area contributed by atoms with Crippen LogP contribution in [0.5, 0.6) is 5.75 Å². The molecule has 1 atom stereocenters. The largest absolute Gasteiger partial charge is 0.444 e. The molecule has 1 fully saturated rings. The molecule has 164 valence electrons. The minimum absolute atomic E-state index is 0.220. The fraction of sp³-hybridized carbons (Fsp3) is 0.682. The van der Waals surface area contributed by atoms with Gasteiger partial charge in [-0.25, -0.2) is 4.79 Å². The molecule has 0 aromatic heterocycles. The maximum absolute atomic E-state index is 12.7. The molecular formula is C22H34F2N2O3. The molecule has 1 heterocycles. The van der Waals surface area contributed by atoms with Crippen molar-refractivity contribution in [3.63, 3.8) is 0 Å². The summed E-state index contributed by atoms with van der Waals surface area (Å²) in [6.07, 6.45) is 0.634. The molecule has 1 amide bonds. The number of carbonyl (C=O) groups is 1. The lowest BCUT2D eigenvalue weighted by atomic mass is 10.1. The molecule has 0 N–H and O–H groups in total. The van der Waals surface area contributed by atoms with E-state index in [0.29, 0.717) is 31.5 Å². The third-order valence-corrected chi connectivity index (χ3v) is 4.66. The Bertz CT molecular complexity index is 662. The van der Waals surface area contributed by atoms with E-state index >= 15 is 0 Å². The van der Waals surface area contributed by atoms with Crippen LogP contribution in [0.1, 0.15) is 46.6 Å². The number of likely N-dealkylation sites (tertiary alicyclic amines) is 1. The molecule has 1 aliphatic rings. The van der Waals surface area contributed by atoms with Gasteiger partial charge in [-0.15, -0.1) is 0 Å². The predicted octanol–water partition coefficient (Wildman–Crippen LogP) is 5.00. The molecule has 29 heavy (non-hydrogen) atoms. The first kappa shape index (κ1) is 23.4. The summed E-state index contributed by atoms with van der Waals surface area (Å²) in [7, 11) is 0. The van der Waals surface area contributed by atoms with Gasteiger partial charge in [0.1, 0.15) is 11.4 Å². The zero-order valence-electron chi connectivity index (χ0n) is 18.2. The maximum Gasteiger partial charge on any atom is 0.410 e. The minimum atomic E-state index is -2.84. The molecule has 1 aliphatic heterocycles. The fourth-order valence-electron chi connectivity index (χ4n) is 3.65. The van der Waals surface area contributed by atoms with Gasteiger partial charge in [0.15, 0.2) is 0 Å². The number of para-hydroxylation sites is 1. The van der Waals surface area contributed by atoms with Crippen molar-refractivity contribution in [3.8, 4) is 5.75 Å². The van der Waals surface area contributed by atoms with Crippen molar-refractivity contribution in [1.29, 1.82) is 0 Å². The van der Waals surface area contributed by atoms with Crippen molar-refractivity contribution < 1.29 is 23.0 Å². The summed E-state index contributed by atoms with van der Waals surface area (Å²) in [6.45, 7) is 10.5. The molecule has 1 saturated heterocycles. The van der Waals surface area contributed by atoms with Crippen molar-refractivity contribution in [2.45, 2.75) is 59.8 Å². The number of alkyl halides is 2. The highest BCUT2D eigenvalue weighted by Gasteiger charge is 2.31. The fourth-order valence-corrected chi connectivity index (χ4v) is 3.65. The number of ether oxygens (including phenoxy) is 2. The van der Waals surface area contributed by atoms with Crippen LogP contribution in [0.4, 0.5) is 13.6 Å². The summed E-state index contributed by atoms with van der Waals surface area (Å²) >= 11 is 0. The number of halogens is 2. The number of carbonyl (C=O) groups excluding carboxylic acids is 1. The summed E-state index contributed by atoms with van der Waals surface area (Å²) in [4.78, 5) is 16.3. The minimum Gasteiger partial charge on any atom is -0.444 e. The number of amides is 1. The van der Waals surface area contributed by atoms with Gasteiger partial charge < -0.3 is 14.4 Å². The van der Waals surface area contributed by atoms with Crippen LogP contribution in [-0.2, 0) is 11.3 Å². The Balaban J connectivity index is 2.01. The van der Waals surface area contributed by atoms with Crippen LogP contribution in [0.25, 0.3) is 0 Å². The van der Waals surface area contributed by atoms with Crippen molar-refractivity contribution in [2.24, 2.45) is 11.8 Å². The smallest absolute Gasteiger partial charge is 0.410 e. The monoisotopic (exact) mass is 412 g/mol. The maximum atomic E-state index is 12.7. The Labute approximate surface area is 173 Å². The van der Waals surface area contributed by atoms with Crippen molar-refractivity contribution in [2.75, 3.05) is 26.2 Å². The quantitative estimate of drug-likeness (QED) is 0.602. The van der Waals surface area contributed by atoms with Gasteiger partial charge >= 0.3 is 12.7 Å². The van der Waals surface area contributed by atoms with E-state index in [9.17, 15) is 13.6 Å². The zero-order chi connectivity index (χ0) is 21.6. The Hall–Kier alpha value is -1.89. The van der Waals surface area contributed by atoms with Gasteiger partial charge in [0.05, 0.1) is 0 Å². The third kappa shape index (κ3) is 8.17. The Morgan fingerprint density at radius 2 is 1.97 bits per heavy atom. The van der Waals surface area contributed by atoms with E-state index < -0.39 is 12.2 Å². The van der Waals surface area contributed by atoms with Gasteiger partial charge in [-0.3, -0.25) is 4.90 Å². The van der Waals surface area contributed by atoms with Crippen molar-refractivity contribution in [1.82, 2.24) is 9.80 Å². The van der Waals surface area contributed by atoms with E-state index in [-0.39, 0.29) is 11.8 Å². The molecule has 2 rings (SSSR count). The van der Waals surface area contributed by atoms with Gasteiger partial charge in [-0.05, 0) is 45.1 Å². The summed E-state index contributed by atoms with van der Waals surface area (Å²) in [5.74, 6) is 0.976. The summed E-state index contributed by atoms with van der Waals surface area (Å²) in [5, 5.41) is 0. The van der Waals surface area contributed by atoms with Crippen LogP contribution in [-0.4, -0.2) is 54.3 Å². The number of hydrogen-bond acceptors (Lipinski definition) is 4. The van der Waals surface area contributed by atoms with E-state index in [1.54, 1.807) is 17.0 Å². The molecule has 0 spiro atoms. The van der Waals surface area contributed by atoms with Crippen LogP contribution in [0.3, 0.4) is 0 Å². The standard InChI is InChI=1S/C22H34F2N2O3/c1-16(2)12-25(15-18-8-6-7-9-19(18)28-20(23)24)13-17-10-11-26(14-17)21(27)29-22(3,4)5/h6-9,16-17,20H,10-15H2,1-5H3/t17-/m1/s1. The van der Waals surface area contributed by atoms with Crippen LogP contribution < -0.4 is 4.74 Å². The number of hydrogen-bond donors (Lipinski definition) is 0. The Morgan fingerprint density at radius 1 is 1.28 bits per heavy atom. The van der Waals surface area contributed by atoms with Gasteiger partial charge in [0.2, 0.25) is 0 Å². The van der Waals surface area contributed by atoms with Crippen LogP contribution in [0.2, 0.25) is 0 Å². The first-order valence-corrected chi connectivity index (χ1v) is 10.3. The second-order valence-corrected chi connectivity index (χ2v) is 9.16. The summed E-state index contributed by atoms with van der Waals surface area (Å²) < 4.78 is 35.6. The highest BCUT2D eigenvalue weighted by molar-refractivity contribution is 5.68. The van der Waals surface area contributed by atoms with Crippen LogP contribution in [0, 0.1) is 11.8 Å². The van der Waals surface area contributed by atoms with Crippen LogP contribution >= 0.6 is 0 Å². The highest BCUT2D eigenvalue weighted by Crippen LogP contribution is 2.25. The highest BCUT2D eigenvalue weighted by atomic mass is 19.3. The van der Waals surface area contributed by atoms with Crippen molar-refractivity contribution >= 4 is 6.09 Å². The second-order valence-electron chi connectivity index (χ2n) is 9.16. The van der Waals surface area contributed by atoms with Crippen LogP contribution in [0.15, 0.2) is 24.3 Å². The molecule has 0 unspecified atom stereocenters. The molecule has 1 aromatic carbocycles. The number of nitrogens with zero attached hydrogens (tertiary/aromatic N) is 2. The van der Waals surface area contributed by atoms with E-state index in [0.717, 1.165) is 25.1 Å². The summed E-state index contributed by atoms with van der Waals surface area (Å²) in [6, 6.07) is 6.94. The van der Waals surface area contributed by atoms with Crippen molar-refractivity contribution in [3.05, 3.63) is 29.8 Å². The lowest BCUT2D eigenvalue weighted by molar-refractivity contribution is -0.0508. The first-order valence-electron chi connectivity index (χ1n) is 10.3. The molecule has 7 heteroatoms. The predicted molar refractivity (Wildman–Crippen MR) is 109 cm³/mol. The van der Waals surface area contributed by atoms with Gasteiger partial charge in [-0.1, -0.05) is 32.0 Å². The van der Waals surface area contributed by atoms with E-state index in [1.807, 2.05) is 32.9 Å². The molecule has 1 aromatic rings. The van der Waals surface area contributed by atoms with Gasteiger partial charge in [-0.2, -0.15) is 8.78 Å². The Morgan fingerprint density at radius 3 is 2.59 bits per heavy atom. The average Bonchev–Trinajstić information content (AvgIpc) is 3.02. The normalized spacial score (nSPS) is 17.4. The van der Waals surface area contributed by atoms with Gasteiger partial charge in [0.25, 0.3) is 0 Å². The molecule has 0 saturated carbocycles. The topological polar surface area (TPSA) is 42.0 Å². The number of benzene rings is 1. The first-order chi connectivity index (χ1) is 13.5. The molecule has 0 aliphatic carbocycles. The SMILES string of the molecule is CC(C)CN(Cc1ccccc1OC(F)F)C[C@H]1CCN(C(=O)OC(C)(C)C)C1. The van der Waals surface area contributed by atoms with Gasteiger partial charge in [0, 0.05) is 38.3 Å². The number of rotatable bonds is 8. The molecule has 5 nitrogen and oxygen atoms in total. The van der Waals surface area contributed by atoms with E-state index in [2.05, 4.69) is 23.5 Å².